The largest absolute Gasteiger partial charge is 0.457 e. The van der Waals surface area contributed by atoms with Crippen LogP contribution in [0.1, 0.15) is 47.4 Å². The molecule has 0 aliphatic heterocycles. The number of hydrogen-bond donors (Lipinski definition) is 0. The molecule has 5 heteroatoms. The molecule has 0 heterocycles. The highest BCUT2D eigenvalue weighted by atomic mass is 16.5. The Hall–Kier alpha value is -3.08. The average Bonchev–Trinajstić information content (AvgIpc) is 2.55. The maximum Gasteiger partial charge on any atom is 0.170 e. The predicted octanol–water partition coefficient (Wildman–Crippen LogP) is 3.80. The van der Waals surface area contributed by atoms with Gasteiger partial charge in [-0.2, -0.15) is 0 Å². The number of Topliss-reactive ketones (excluding diaryl/α,β-unsaturated/α-hetero) is 4. The standard InChI is InChI=1S/C20H18O5/c1-13(21)11-19(23)15-3-7-17(8-4-15)25-18-9-5-16(6-10-18)20(24)12-14(2)22/h3-10H,11-12H2,1-2H3. The highest BCUT2D eigenvalue weighted by molar-refractivity contribution is 6.07. The van der Waals surface area contributed by atoms with Gasteiger partial charge >= 0.3 is 0 Å². The molecule has 0 saturated carbocycles. The van der Waals surface area contributed by atoms with Crippen LogP contribution in [0.4, 0.5) is 0 Å². The molecule has 2 rings (SSSR count). The number of hydrogen-bond acceptors (Lipinski definition) is 5. The van der Waals surface area contributed by atoms with Crippen molar-refractivity contribution in [2.45, 2.75) is 26.7 Å². The Balaban J connectivity index is 2.02. The van der Waals surface area contributed by atoms with Gasteiger partial charge in [0.15, 0.2) is 11.6 Å². The minimum Gasteiger partial charge on any atom is -0.457 e. The van der Waals surface area contributed by atoms with Crippen molar-refractivity contribution in [3.05, 3.63) is 59.7 Å². The zero-order valence-electron chi connectivity index (χ0n) is 14.1. The number of carbonyl (C=O) groups excluding carboxylic acids is 4. The van der Waals surface area contributed by atoms with Gasteiger partial charge in [-0.25, -0.2) is 0 Å². The first-order chi connectivity index (χ1) is 11.8. The van der Waals surface area contributed by atoms with E-state index in [1.165, 1.54) is 13.8 Å². The summed E-state index contributed by atoms with van der Waals surface area (Å²) in [6.07, 6.45) is -0.230. The molecule has 2 aromatic carbocycles. The first-order valence-corrected chi connectivity index (χ1v) is 7.78. The molecule has 5 nitrogen and oxygen atoms in total. The Bertz CT molecular complexity index is 731. The summed E-state index contributed by atoms with van der Waals surface area (Å²) in [7, 11) is 0. The summed E-state index contributed by atoms with van der Waals surface area (Å²) in [6.45, 7) is 2.75. The van der Waals surface area contributed by atoms with Crippen LogP contribution >= 0.6 is 0 Å². The van der Waals surface area contributed by atoms with Gasteiger partial charge in [-0.3, -0.25) is 19.2 Å². The summed E-state index contributed by atoms with van der Waals surface area (Å²) >= 11 is 0. The lowest BCUT2D eigenvalue weighted by Crippen LogP contribution is -2.04. The van der Waals surface area contributed by atoms with E-state index in [-0.39, 0.29) is 36.0 Å². The van der Waals surface area contributed by atoms with E-state index in [0.29, 0.717) is 22.6 Å². The van der Waals surface area contributed by atoms with Crippen molar-refractivity contribution in [2.75, 3.05) is 0 Å². The van der Waals surface area contributed by atoms with E-state index >= 15 is 0 Å². The van der Waals surface area contributed by atoms with Crippen LogP contribution in [0.15, 0.2) is 48.5 Å². The van der Waals surface area contributed by atoms with Gasteiger partial charge < -0.3 is 4.74 Å². The van der Waals surface area contributed by atoms with Gasteiger partial charge in [0.1, 0.15) is 23.1 Å². The first kappa shape index (κ1) is 18.3. The Morgan fingerprint density at radius 3 is 1.24 bits per heavy atom. The second-order valence-electron chi connectivity index (χ2n) is 5.75. The van der Waals surface area contributed by atoms with E-state index in [9.17, 15) is 19.2 Å². The third kappa shape index (κ3) is 5.49. The number of ether oxygens (including phenoxy) is 1. The fraction of sp³-hybridized carbons (Fsp3) is 0.200. The molecule has 0 aliphatic carbocycles. The molecule has 25 heavy (non-hydrogen) atoms. The van der Waals surface area contributed by atoms with E-state index in [0.717, 1.165) is 0 Å². The molecule has 0 spiro atoms. The summed E-state index contributed by atoms with van der Waals surface area (Å²) in [5.74, 6) is 0.249. The van der Waals surface area contributed by atoms with Gasteiger partial charge in [-0.15, -0.1) is 0 Å². The van der Waals surface area contributed by atoms with E-state index in [4.69, 9.17) is 4.74 Å². The zero-order valence-corrected chi connectivity index (χ0v) is 14.1. The molecule has 0 N–H and O–H groups in total. The summed E-state index contributed by atoms with van der Waals surface area (Å²) < 4.78 is 5.65. The van der Waals surface area contributed by atoms with Gasteiger partial charge in [-0.1, -0.05) is 0 Å². The average molecular weight is 338 g/mol. The van der Waals surface area contributed by atoms with Crippen LogP contribution in [0.25, 0.3) is 0 Å². The van der Waals surface area contributed by atoms with Crippen molar-refractivity contribution in [3.8, 4) is 11.5 Å². The molecule has 0 saturated heterocycles. The fourth-order valence-corrected chi connectivity index (χ4v) is 2.21. The topological polar surface area (TPSA) is 77.5 Å². The number of benzene rings is 2. The maximum atomic E-state index is 11.8. The smallest absolute Gasteiger partial charge is 0.170 e. The lowest BCUT2D eigenvalue weighted by molar-refractivity contribution is -0.117. The van der Waals surface area contributed by atoms with E-state index in [1.807, 2.05) is 0 Å². The SMILES string of the molecule is CC(=O)CC(=O)c1ccc(Oc2ccc(C(=O)CC(C)=O)cc2)cc1. The molecule has 0 amide bonds. The van der Waals surface area contributed by atoms with Gasteiger partial charge in [0.25, 0.3) is 0 Å². The normalized spacial score (nSPS) is 10.2. The monoisotopic (exact) mass is 338 g/mol. The van der Waals surface area contributed by atoms with E-state index in [1.54, 1.807) is 48.5 Å². The van der Waals surface area contributed by atoms with Crippen LogP contribution in [-0.2, 0) is 9.59 Å². The molecule has 0 atom stereocenters. The van der Waals surface area contributed by atoms with Gasteiger partial charge in [-0.05, 0) is 62.4 Å². The van der Waals surface area contributed by atoms with E-state index in [2.05, 4.69) is 0 Å². The third-order valence-corrected chi connectivity index (χ3v) is 3.41. The second-order valence-corrected chi connectivity index (χ2v) is 5.75. The third-order valence-electron chi connectivity index (χ3n) is 3.41. The van der Waals surface area contributed by atoms with Gasteiger partial charge in [0.05, 0.1) is 12.8 Å². The van der Waals surface area contributed by atoms with Crippen molar-refractivity contribution in [1.82, 2.24) is 0 Å². The Kier molecular flexibility index (Phi) is 5.95. The molecule has 128 valence electrons. The summed E-state index contributed by atoms with van der Waals surface area (Å²) in [5, 5.41) is 0. The van der Waals surface area contributed by atoms with Crippen molar-refractivity contribution in [1.29, 1.82) is 0 Å². The molecule has 2 aromatic rings. The fourth-order valence-electron chi connectivity index (χ4n) is 2.21. The quantitative estimate of drug-likeness (QED) is 0.540. The Morgan fingerprint density at radius 1 is 0.640 bits per heavy atom. The second kappa shape index (κ2) is 8.15. The van der Waals surface area contributed by atoms with Crippen LogP contribution in [0, 0.1) is 0 Å². The van der Waals surface area contributed by atoms with Crippen LogP contribution in [-0.4, -0.2) is 23.1 Å². The minimum atomic E-state index is -0.229. The molecule has 0 aromatic heterocycles. The number of rotatable bonds is 8. The van der Waals surface area contributed by atoms with E-state index < -0.39 is 0 Å². The Labute approximate surface area is 145 Å². The number of carbonyl (C=O) groups is 4. The molecule has 0 fully saturated rings. The van der Waals surface area contributed by atoms with Crippen LogP contribution < -0.4 is 4.74 Å². The van der Waals surface area contributed by atoms with Crippen molar-refractivity contribution < 1.29 is 23.9 Å². The minimum absolute atomic E-state index is 0.115. The molecule has 0 aliphatic rings. The lowest BCUT2D eigenvalue weighted by Gasteiger charge is -2.07. The van der Waals surface area contributed by atoms with Crippen molar-refractivity contribution in [3.63, 3.8) is 0 Å². The highest BCUT2D eigenvalue weighted by Gasteiger charge is 2.10. The van der Waals surface area contributed by atoms with Gasteiger partial charge in [0.2, 0.25) is 0 Å². The van der Waals surface area contributed by atoms with Crippen LogP contribution in [0.5, 0.6) is 11.5 Å². The van der Waals surface area contributed by atoms with Crippen molar-refractivity contribution >= 4 is 23.1 Å². The first-order valence-electron chi connectivity index (χ1n) is 7.78. The number of ketones is 4. The molecule has 0 bridgehead atoms. The lowest BCUT2D eigenvalue weighted by atomic mass is 10.1. The predicted molar refractivity (Wildman–Crippen MR) is 92.2 cm³/mol. The summed E-state index contributed by atoms with van der Waals surface area (Å²) in [4.78, 5) is 45.5. The molecular formula is C20H18O5. The van der Waals surface area contributed by atoms with Crippen molar-refractivity contribution in [2.24, 2.45) is 0 Å². The Morgan fingerprint density at radius 2 is 0.960 bits per heavy atom. The molecule has 0 unspecified atom stereocenters. The molecular weight excluding hydrogens is 320 g/mol. The van der Waals surface area contributed by atoms with Crippen LogP contribution in [0.2, 0.25) is 0 Å². The summed E-state index contributed by atoms with van der Waals surface area (Å²) in [6, 6.07) is 13.0. The summed E-state index contributed by atoms with van der Waals surface area (Å²) in [5.41, 5.74) is 0.903. The maximum absolute atomic E-state index is 11.8. The highest BCUT2D eigenvalue weighted by Crippen LogP contribution is 2.23. The molecule has 0 radical (unpaired) electrons. The van der Waals surface area contributed by atoms with Crippen LogP contribution in [0.3, 0.4) is 0 Å². The van der Waals surface area contributed by atoms with Gasteiger partial charge in [0, 0.05) is 11.1 Å². The zero-order chi connectivity index (χ0) is 18.4.